The molecule has 0 spiro atoms. The first-order chi connectivity index (χ1) is 11.3. The summed E-state index contributed by atoms with van der Waals surface area (Å²) in [5, 5.41) is 22.9. The molecule has 1 N–H and O–H groups in total. The van der Waals surface area contributed by atoms with E-state index >= 15 is 0 Å². The van der Waals surface area contributed by atoms with E-state index in [2.05, 4.69) is 20.2 Å². The van der Waals surface area contributed by atoms with Crippen LogP contribution in [0.2, 0.25) is 0 Å². The molecule has 2 saturated heterocycles. The molecule has 2 unspecified atom stereocenters. The molecular weight excluding hydrogens is 298 g/mol. The lowest BCUT2D eigenvalue weighted by molar-refractivity contribution is 0.0655. The molecule has 124 valence electrons. The number of likely N-dealkylation sites (tertiary alicyclic amines) is 1. The number of methoxy groups -OCH3 is 1. The third kappa shape index (κ3) is 2.66. The molecule has 0 radical (unpaired) electrons. The van der Waals surface area contributed by atoms with Crippen molar-refractivity contribution in [1.82, 2.24) is 24.7 Å². The number of aromatic nitrogens is 4. The zero-order valence-corrected chi connectivity index (χ0v) is 13.1. The largest absolute Gasteiger partial charge is 0.480 e. The molecule has 0 bridgehead atoms. The lowest BCUT2D eigenvalue weighted by Crippen LogP contribution is -2.46. The Morgan fingerprint density at radius 2 is 2.04 bits per heavy atom. The zero-order chi connectivity index (χ0) is 15.8. The van der Waals surface area contributed by atoms with Crippen molar-refractivity contribution in [3.8, 4) is 5.88 Å². The lowest BCUT2D eigenvalue weighted by Gasteiger charge is -2.35. The van der Waals surface area contributed by atoms with Crippen molar-refractivity contribution in [3.63, 3.8) is 0 Å². The number of hydrogen-bond acceptors (Lipinski definition) is 7. The fourth-order valence-electron chi connectivity index (χ4n) is 3.52. The van der Waals surface area contributed by atoms with Gasteiger partial charge in [-0.3, -0.25) is 4.90 Å². The fourth-order valence-corrected chi connectivity index (χ4v) is 3.52. The first-order valence-electron chi connectivity index (χ1n) is 8.02. The molecule has 8 nitrogen and oxygen atoms in total. The third-order valence-electron chi connectivity index (χ3n) is 4.86. The second-order valence-electron chi connectivity index (χ2n) is 6.19. The zero-order valence-electron chi connectivity index (χ0n) is 13.1. The van der Waals surface area contributed by atoms with Crippen LogP contribution in [0.3, 0.4) is 0 Å². The summed E-state index contributed by atoms with van der Waals surface area (Å²) in [7, 11) is 1.60. The summed E-state index contributed by atoms with van der Waals surface area (Å²) in [6.07, 6.45) is 1.58. The van der Waals surface area contributed by atoms with E-state index in [-0.39, 0.29) is 12.1 Å². The van der Waals surface area contributed by atoms with Gasteiger partial charge < -0.3 is 14.6 Å². The van der Waals surface area contributed by atoms with Crippen LogP contribution in [0.15, 0.2) is 12.1 Å². The molecule has 0 aliphatic carbocycles. The van der Waals surface area contributed by atoms with Crippen molar-refractivity contribution in [1.29, 1.82) is 0 Å². The predicted octanol–water partition coefficient (Wildman–Crippen LogP) is 0.0720. The van der Waals surface area contributed by atoms with E-state index in [0.29, 0.717) is 25.0 Å². The van der Waals surface area contributed by atoms with Crippen molar-refractivity contribution < 1.29 is 14.6 Å². The van der Waals surface area contributed by atoms with Crippen LogP contribution in [-0.2, 0) is 4.74 Å². The van der Waals surface area contributed by atoms with Crippen molar-refractivity contribution in [2.24, 2.45) is 0 Å². The van der Waals surface area contributed by atoms with Crippen molar-refractivity contribution in [2.75, 3.05) is 33.4 Å². The molecule has 2 aromatic rings. The maximum absolute atomic E-state index is 9.97. The van der Waals surface area contributed by atoms with E-state index in [0.717, 1.165) is 37.4 Å². The first-order valence-corrected chi connectivity index (χ1v) is 8.02. The number of hydrogen-bond donors (Lipinski definition) is 1. The van der Waals surface area contributed by atoms with Crippen LogP contribution >= 0.6 is 0 Å². The highest BCUT2D eigenvalue weighted by Crippen LogP contribution is 2.29. The molecule has 2 aliphatic rings. The first kappa shape index (κ1) is 14.8. The molecule has 2 atom stereocenters. The number of aliphatic hydroxyl groups excluding tert-OH is 1. The quantitative estimate of drug-likeness (QED) is 0.857. The van der Waals surface area contributed by atoms with E-state index < -0.39 is 0 Å². The van der Waals surface area contributed by atoms with E-state index in [1.54, 1.807) is 17.7 Å². The molecule has 2 aliphatic heterocycles. The van der Waals surface area contributed by atoms with Gasteiger partial charge in [-0.15, -0.1) is 15.3 Å². The number of fused-ring (bicyclic) bond motifs is 1. The van der Waals surface area contributed by atoms with E-state index in [9.17, 15) is 5.11 Å². The summed E-state index contributed by atoms with van der Waals surface area (Å²) in [5.41, 5.74) is 0.739. The van der Waals surface area contributed by atoms with Crippen LogP contribution in [0, 0.1) is 0 Å². The third-order valence-corrected chi connectivity index (χ3v) is 4.86. The Hall–Kier alpha value is -1.77. The standard InChI is InChI=1S/C15H21N5O3/c1-22-14-3-2-13-16-17-15(20(13)18-14)10-4-6-19(7-5-10)11-8-23-9-12(11)21/h2-3,10-12,21H,4-9H2,1H3. The van der Waals surface area contributed by atoms with Gasteiger partial charge in [-0.05, 0) is 32.0 Å². The van der Waals surface area contributed by atoms with Crippen LogP contribution in [0.25, 0.3) is 5.65 Å². The Balaban J connectivity index is 1.50. The topological polar surface area (TPSA) is 85.0 Å². The molecular formula is C15H21N5O3. The highest BCUT2D eigenvalue weighted by molar-refractivity contribution is 5.38. The predicted molar refractivity (Wildman–Crippen MR) is 81.5 cm³/mol. The number of nitrogens with zero attached hydrogens (tertiary/aromatic N) is 5. The van der Waals surface area contributed by atoms with Crippen LogP contribution < -0.4 is 4.74 Å². The van der Waals surface area contributed by atoms with Gasteiger partial charge in [0, 0.05) is 12.0 Å². The summed E-state index contributed by atoms with van der Waals surface area (Å²) >= 11 is 0. The van der Waals surface area contributed by atoms with E-state index in [4.69, 9.17) is 9.47 Å². The molecule has 23 heavy (non-hydrogen) atoms. The van der Waals surface area contributed by atoms with Gasteiger partial charge in [0.1, 0.15) is 0 Å². The Bertz CT molecular complexity index is 683. The molecule has 4 heterocycles. The molecule has 0 saturated carbocycles. The number of piperidine rings is 1. The van der Waals surface area contributed by atoms with Gasteiger partial charge in [-0.25, -0.2) is 0 Å². The lowest BCUT2D eigenvalue weighted by atomic mass is 9.94. The minimum atomic E-state index is -0.369. The average molecular weight is 319 g/mol. The average Bonchev–Trinajstić information content (AvgIpc) is 3.20. The summed E-state index contributed by atoms with van der Waals surface area (Å²) in [4.78, 5) is 2.32. The van der Waals surface area contributed by atoms with Gasteiger partial charge in [0.2, 0.25) is 5.88 Å². The summed E-state index contributed by atoms with van der Waals surface area (Å²) in [6.45, 7) is 2.92. The van der Waals surface area contributed by atoms with E-state index in [1.807, 2.05) is 6.07 Å². The smallest absolute Gasteiger partial charge is 0.231 e. The SMILES string of the molecule is COc1ccc2nnc(C3CCN(C4COCC4O)CC3)n2n1. The highest BCUT2D eigenvalue weighted by Gasteiger charge is 2.35. The molecule has 0 aromatic carbocycles. The minimum absolute atomic E-state index is 0.129. The van der Waals surface area contributed by atoms with Crippen molar-refractivity contribution in [3.05, 3.63) is 18.0 Å². The second-order valence-corrected chi connectivity index (χ2v) is 6.19. The monoisotopic (exact) mass is 319 g/mol. The number of ether oxygens (including phenoxy) is 2. The fraction of sp³-hybridized carbons (Fsp3) is 0.667. The Labute approximate surface area is 134 Å². The van der Waals surface area contributed by atoms with Crippen LogP contribution in [-0.4, -0.2) is 75.4 Å². The van der Waals surface area contributed by atoms with Gasteiger partial charge in [-0.1, -0.05) is 0 Å². The summed E-state index contributed by atoms with van der Waals surface area (Å²) in [5.74, 6) is 1.77. The van der Waals surface area contributed by atoms with Gasteiger partial charge in [-0.2, -0.15) is 4.52 Å². The van der Waals surface area contributed by atoms with Gasteiger partial charge in [0.15, 0.2) is 11.5 Å². The second kappa shape index (κ2) is 6.03. The van der Waals surface area contributed by atoms with E-state index in [1.165, 1.54) is 0 Å². The molecule has 2 aromatic heterocycles. The number of rotatable bonds is 3. The summed E-state index contributed by atoms with van der Waals surface area (Å²) < 4.78 is 12.3. The molecule has 0 amide bonds. The van der Waals surface area contributed by atoms with Crippen LogP contribution in [0.4, 0.5) is 0 Å². The Morgan fingerprint density at radius 3 is 2.74 bits per heavy atom. The van der Waals surface area contributed by atoms with Crippen LogP contribution in [0.5, 0.6) is 5.88 Å². The maximum Gasteiger partial charge on any atom is 0.231 e. The normalized spacial score (nSPS) is 26.9. The molecule has 2 fully saturated rings. The Morgan fingerprint density at radius 1 is 1.22 bits per heavy atom. The van der Waals surface area contributed by atoms with Crippen LogP contribution in [0.1, 0.15) is 24.6 Å². The van der Waals surface area contributed by atoms with Gasteiger partial charge in [0.25, 0.3) is 0 Å². The van der Waals surface area contributed by atoms with Crippen molar-refractivity contribution in [2.45, 2.75) is 30.9 Å². The number of aliphatic hydroxyl groups is 1. The maximum atomic E-state index is 9.97. The highest BCUT2D eigenvalue weighted by atomic mass is 16.5. The minimum Gasteiger partial charge on any atom is -0.480 e. The molecule has 4 rings (SSSR count). The summed E-state index contributed by atoms with van der Waals surface area (Å²) in [6, 6.07) is 3.78. The van der Waals surface area contributed by atoms with Gasteiger partial charge >= 0.3 is 0 Å². The molecule has 8 heteroatoms. The van der Waals surface area contributed by atoms with Gasteiger partial charge in [0.05, 0.1) is 32.5 Å². The van der Waals surface area contributed by atoms with Crippen molar-refractivity contribution >= 4 is 5.65 Å². The Kier molecular flexibility index (Phi) is 3.88.